The van der Waals surface area contributed by atoms with Crippen LogP contribution in [0.15, 0.2) is 24.3 Å². The first kappa shape index (κ1) is 12.5. The molecule has 88 valence electrons. The molecule has 1 unspecified atom stereocenters. The molecule has 0 aliphatic carbocycles. The van der Waals surface area contributed by atoms with Crippen LogP contribution in [0.5, 0.6) is 5.75 Å². The molecule has 0 fully saturated rings. The number of aromatic hydroxyl groups is 1. The maximum Gasteiger partial charge on any atom is 0.328 e. The SMILES string of the molecule is CCCNC(C)(C(=O)O)c1cccc(O)c1. The fourth-order valence-electron chi connectivity index (χ4n) is 1.49. The van der Waals surface area contributed by atoms with Crippen LogP contribution < -0.4 is 5.32 Å². The van der Waals surface area contributed by atoms with Gasteiger partial charge in [-0.05, 0) is 37.6 Å². The second-order valence-corrected chi connectivity index (χ2v) is 3.91. The van der Waals surface area contributed by atoms with Crippen LogP contribution in [0.3, 0.4) is 0 Å². The average Bonchev–Trinajstić information content (AvgIpc) is 2.25. The first-order valence-corrected chi connectivity index (χ1v) is 5.28. The Morgan fingerprint density at radius 2 is 2.19 bits per heavy atom. The summed E-state index contributed by atoms with van der Waals surface area (Å²) in [6, 6.07) is 6.32. The molecule has 0 spiro atoms. The van der Waals surface area contributed by atoms with E-state index in [1.807, 2.05) is 6.92 Å². The Kier molecular flexibility index (Phi) is 3.90. The minimum absolute atomic E-state index is 0.0725. The molecule has 1 rings (SSSR count). The summed E-state index contributed by atoms with van der Waals surface area (Å²) in [6.07, 6.45) is 0.849. The zero-order valence-corrected chi connectivity index (χ0v) is 9.53. The summed E-state index contributed by atoms with van der Waals surface area (Å²) in [5.74, 6) is -0.880. The highest BCUT2D eigenvalue weighted by Crippen LogP contribution is 2.24. The number of carboxylic acids is 1. The third-order valence-corrected chi connectivity index (χ3v) is 2.58. The summed E-state index contributed by atoms with van der Waals surface area (Å²) < 4.78 is 0. The monoisotopic (exact) mass is 223 g/mol. The molecule has 0 bridgehead atoms. The van der Waals surface area contributed by atoms with Gasteiger partial charge in [0, 0.05) is 0 Å². The lowest BCUT2D eigenvalue weighted by Crippen LogP contribution is -2.46. The molecule has 0 aliphatic rings. The molecule has 16 heavy (non-hydrogen) atoms. The molecule has 1 aromatic carbocycles. The lowest BCUT2D eigenvalue weighted by atomic mass is 9.92. The summed E-state index contributed by atoms with van der Waals surface area (Å²) in [5.41, 5.74) is -0.608. The van der Waals surface area contributed by atoms with Crippen molar-refractivity contribution in [2.45, 2.75) is 25.8 Å². The largest absolute Gasteiger partial charge is 0.508 e. The van der Waals surface area contributed by atoms with Gasteiger partial charge in [-0.1, -0.05) is 19.1 Å². The van der Waals surface area contributed by atoms with Gasteiger partial charge in [0.2, 0.25) is 0 Å². The van der Waals surface area contributed by atoms with Gasteiger partial charge in [0.1, 0.15) is 11.3 Å². The average molecular weight is 223 g/mol. The van der Waals surface area contributed by atoms with E-state index >= 15 is 0 Å². The Balaban J connectivity index is 3.06. The van der Waals surface area contributed by atoms with Crippen molar-refractivity contribution in [1.82, 2.24) is 5.32 Å². The third-order valence-electron chi connectivity index (χ3n) is 2.58. The molecular formula is C12H17NO3. The van der Waals surface area contributed by atoms with Crippen LogP contribution in [0.4, 0.5) is 0 Å². The first-order valence-electron chi connectivity index (χ1n) is 5.28. The number of aliphatic carboxylic acids is 1. The molecule has 0 saturated heterocycles. The number of benzene rings is 1. The third kappa shape index (κ3) is 2.52. The predicted molar refractivity (Wildman–Crippen MR) is 61.4 cm³/mol. The van der Waals surface area contributed by atoms with Crippen molar-refractivity contribution in [3.8, 4) is 5.75 Å². The molecule has 0 heterocycles. The molecule has 4 nitrogen and oxygen atoms in total. The van der Waals surface area contributed by atoms with E-state index in [1.165, 1.54) is 12.1 Å². The van der Waals surface area contributed by atoms with Crippen molar-refractivity contribution < 1.29 is 15.0 Å². The maximum atomic E-state index is 11.3. The van der Waals surface area contributed by atoms with Gasteiger partial charge < -0.3 is 10.2 Å². The second-order valence-electron chi connectivity index (χ2n) is 3.91. The number of phenols is 1. The second kappa shape index (κ2) is 4.99. The van der Waals surface area contributed by atoms with Gasteiger partial charge in [0.15, 0.2) is 0 Å². The van der Waals surface area contributed by atoms with E-state index < -0.39 is 11.5 Å². The zero-order valence-electron chi connectivity index (χ0n) is 9.53. The number of hydrogen-bond acceptors (Lipinski definition) is 3. The smallest absolute Gasteiger partial charge is 0.328 e. The number of carboxylic acid groups (broad SMARTS) is 1. The molecule has 3 N–H and O–H groups in total. The summed E-state index contributed by atoms with van der Waals surface area (Å²) in [5, 5.41) is 21.6. The lowest BCUT2D eigenvalue weighted by Gasteiger charge is -2.26. The van der Waals surface area contributed by atoms with Crippen molar-refractivity contribution in [2.24, 2.45) is 0 Å². The Hall–Kier alpha value is -1.55. The van der Waals surface area contributed by atoms with Crippen LogP contribution in [0.25, 0.3) is 0 Å². The quantitative estimate of drug-likeness (QED) is 0.710. The van der Waals surface area contributed by atoms with Crippen molar-refractivity contribution in [3.05, 3.63) is 29.8 Å². The van der Waals surface area contributed by atoms with E-state index in [1.54, 1.807) is 19.1 Å². The van der Waals surface area contributed by atoms with E-state index in [2.05, 4.69) is 5.32 Å². The van der Waals surface area contributed by atoms with Crippen molar-refractivity contribution in [1.29, 1.82) is 0 Å². The van der Waals surface area contributed by atoms with Gasteiger partial charge in [-0.25, -0.2) is 4.79 Å². The van der Waals surface area contributed by atoms with Crippen LogP contribution in [0.2, 0.25) is 0 Å². The lowest BCUT2D eigenvalue weighted by molar-refractivity contribution is -0.144. The molecule has 1 atom stereocenters. The molecule has 0 aromatic heterocycles. The summed E-state index contributed by atoms with van der Waals surface area (Å²) in [4.78, 5) is 11.3. The molecule has 0 radical (unpaired) electrons. The van der Waals surface area contributed by atoms with E-state index in [9.17, 15) is 15.0 Å². The zero-order chi connectivity index (χ0) is 12.2. The van der Waals surface area contributed by atoms with Crippen molar-refractivity contribution >= 4 is 5.97 Å². The van der Waals surface area contributed by atoms with E-state index in [0.29, 0.717) is 12.1 Å². The van der Waals surface area contributed by atoms with Gasteiger partial charge in [-0.3, -0.25) is 5.32 Å². The number of rotatable bonds is 5. The minimum Gasteiger partial charge on any atom is -0.508 e. The minimum atomic E-state index is -1.16. The predicted octanol–water partition coefficient (Wildman–Crippen LogP) is 1.69. The molecule has 0 aliphatic heterocycles. The van der Waals surface area contributed by atoms with Crippen LogP contribution in [0.1, 0.15) is 25.8 Å². The maximum absolute atomic E-state index is 11.3. The van der Waals surface area contributed by atoms with Crippen LogP contribution in [-0.4, -0.2) is 22.7 Å². The molecule has 1 aromatic rings. The number of nitrogens with one attached hydrogen (secondary N) is 1. The van der Waals surface area contributed by atoms with Gasteiger partial charge in [0.25, 0.3) is 0 Å². The number of phenolic OH excluding ortho intramolecular Hbond substituents is 1. The Bertz CT molecular complexity index is 378. The molecular weight excluding hydrogens is 206 g/mol. The molecule has 0 amide bonds. The highest BCUT2D eigenvalue weighted by Gasteiger charge is 2.34. The van der Waals surface area contributed by atoms with Gasteiger partial charge >= 0.3 is 5.97 Å². The van der Waals surface area contributed by atoms with Crippen LogP contribution in [-0.2, 0) is 10.3 Å². The fraction of sp³-hybridized carbons (Fsp3) is 0.417. The van der Waals surface area contributed by atoms with Gasteiger partial charge in [-0.15, -0.1) is 0 Å². The van der Waals surface area contributed by atoms with Crippen molar-refractivity contribution in [3.63, 3.8) is 0 Å². The Labute approximate surface area is 94.9 Å². The van der Waals surface area contributed by atoms with E-state index in [4.69, 9.17) is 0 Å². The van der Waals surface area contributed by atoms with E-state index in [-0.39, 0.29) is 5.75 Å². The topological polar surface area (TPSA) is 69.6 Å². The Morgan fingerprint density at radius 1 is 1.50 bits per heavy atom. The highest BCUT2D eigenvalue weighted by molar-refractivity contribution is 5.80. The Morgan fingerprint density at radius 3 is 2.69 bits per heavy atom. The molecule has 0 saturated carbocycles. The van der Waals surface area contributed by atoms with Gasteiger partial charge in [0.05, 0.1) is 0 Å². The first-order chi connectivity index (χ1) is 7.50. The fourth-order valence-corrected chi connectivity index (χ4v) is 1.49. The van der Waals surface area contributed by atoms with Crippen molar-refractivity contribution in [2.75, 3.05) is 6.54 Å². The highest BCUT2D eigenvalue weighted by atomic mass is 16.4. The van der Waals surface area contributed by atoms with Gasteiger partial charge in [-0.2, -0.15) is 0 Å². The standard InChI is InChI=1S/C12H17NO3/c1-3-7-13-12(2,11(15)16)9-5-4-6-10(14)8-9/h4-6,8,13-14H,3,7H2,1-2H3,(H,15,16). The normalized spacial score (nSPS) is 14.4. The summed E-state index contributed by atoms with van der Waals surface area (Å²) in [7, 11) is 0. The number of carbonyl (C=O) groups is 1. The molecule has 4 heteroatoms. The van der Waals surface area contributed by atoms with E-state index in [0.717, 1.165) is 6.42 Å². The van der Waals surface area contributed by atoms with Crippen LogP contribution >= 0.6 is 0 Å². The van der Waals surface area contributed by atoms with Crippen LogP contribution in [0, 0.1) is 0 Å². The summed E-state index contributed by atoms with van der Waals surface area (Å²) >= 11 is 0. The number of hydrogen-bond donors (Lipinski definition) is 3. The summed E-state index contributed by atoms with van der Waals surface area (Å²) in [6.45, 7) is 4.18.